The number of pyridine rings is 1. The zero-order valence-electron chi connectivity index (χ0n) is 7.03. The first-order valence-corrected chi connectivity index (χ1v) is 3.81. The lowest BCUT2D eigenvalue weighted by Gasteiger charge is -1.99. The van der Waals surface area contributed by atoms with Crippen LogP contribution in [0.4, 0.5) is 0 Å². The van der Waals surface area contributed by atoms with Gasteiger partial charge in [-0.05, 0) is 6.07 Å². The Hall–Kier alpha value is -2.24. The third kappa shape index (κ3) is 1.45. The van der Waals surface area contributed by atoms with Gasteiger partial charge in [0.2, 0.25) is 0 Å². The topological polar surface area (TPSA) is 80.9 Å². The van der Waals surface area contributed by atoms with Crippen LogP contribution in [0.15, 0.2) is 31.1 Å². The van der Waals surface area contributed by atoms with E-state index in [1.54, 1.807) is 0 Å². The summed E-state index contributed by atoms with van der Waals surface area (Å²) >= 11 is 0. The summed E-state index contributed by atoms with van der Waals surface area (Å²) in [4.78, 5) is 18.2. The fourth-order valence-electron chi connectivity index (χ4n) is 1.01. The fourth-order valence-corrected chi connectivity index (χ4v) is 1.01. The van der Waals surface area contributed by atoms with Gasteiger partial charge in [-0.3, -0.25) is 4.98 Å². The maximum Gasteiger partial charge on any atom is 0.337 e. The van der Waals surface area contributed by atoms with Crippen LogP contribution in [0.25, 0.3) is 5.69 Å². The number of aromatic nitrogens is 4. The Morgan fingerprint density at radius 3 is 2.86 bits per heavy atom. The van der Waals surface area contributed by atoms with E-state index >= 15 is 0 Å². The molecule has 2 heterocycles. The summed E-state index contributed by atoms with van der Waals surface area (Å²) < 4.78 is 1.44. The molecule has 6 nitrogen and oxygen atoms in total. The fraction of sp³-hybridized carbons (Fsp3) is 0. The molecular weight excluding hydrogens is 184 g/mol. The highest BCUT2D eigenvalue weighted by Crippen LogP contribution is 2.06. The van der Waals surface area contributed by atoms with E-state index in [2.05, 4.69) is 15.1 Å². The molecule has 0 aromatic carbocycles. The van der Waals surface area contributed by atoms with Crippen LogP contribution in [0.2, 0.25) is 0 Å². The van der Waals surface area contributed by atoms with Crippen molar-refractivity contribution in [3.8, 4) is 5.69 Å². The summed E-state index contributed by atoms with van der Waals surface area (Å²) in [5.74, 6) is -1.01. The first-order valence-electron chi connectivity index (χ1n) is 3.81. The van der Waals surface area contributed by atoms with Gasteiger partial charge in [-0.25, -0.2) is 14.5 Å². The van der Waals surface area contributed by atoms with Gasteiger partial charge >= 0.3 is 5.97 Å². The minimum Gasteiger partial charge on any atom is -0.478 e. The van der Waals surface area contributed by atoms with Gasteiger partial charge in [0.25, 0.3) is 0 Å². The van der Waals surface area contributed by atoms with Crippen molar-refractivity contribution in [1.82, 2.24) is 19.7 Å². The normalized spacial score (nSPS) is 10.0. The van der Waals surface area contributed by atoms with Crippen LogP contribution in [0, 0.1) is 0 Å². The van der Waals surface area contributed by atoms with E-state index in [0.717, 1.165) is 0 Å². The predicted octanol–water partition coefficient (Wildman–Crippen LogP) is 0.360. The molecular formula is C8H6N4O2. The second kappa shape index (κ2) is 3.25. The molecule has 0 aliphatic carbocycles. The first-order chi connectivity index (χ1) is 6.77. The standard InChI is InChI=1S/C8H6N4O2/c13-8(14)6-1-7(3-9-2-6)12-5-10-4-11-12/h1-5H,(H,13,14). The van der Waals surface area contributed by atoms with Gasteiger partial charge in [0.05, 0.1) is 17.4 Å². The molecule has 2 aromatic rings. The van der Waals surface area contributed by atoms with Crippen LogP contribution in [-0.2, 0) is 0 Å². The van der Waals surface area contributed by atoms with Crippen molar-refractivity contribution in [3.05, 3.63) is 36.7 Å². The van der Waals surface area contributed by atoms with Crippen molar-refractivity contribution >= 4 is 5.97 Å². The monoisotopic (exact) mass is 190 g/mol. The summed E-state index contributed by atoms with van der Waals surface area (Å²) in [5.41, 5.74) is 0.695. The number of carboxylic acids is 1. The molecule has 0 fully saturated rings. The van der Waals surface area contributed by atoms with Crippen molar-refractivity contribution in [3.63, 3.8) is 0 Å². The molecule has 0 bridgehead atoms. The largest absolute Gasteiger partial charge is 0.478 e. The average molecular weight is 190 g/mol. The minimum atomic E-state index is -1.01. The third-order valence-corrected chi connectivity index (χ3v) is 1.65. The summed E-state index contributed by atoms with van der Waals surface area (Å²) in [6.45, 7) is 0. The summed E-state index contributed by atoms with van der Waals surface area (Å²) in [6, 6.07) is 1.48. The number of hydrogen-bond donors (Lipinski definition) is 1. The lowest BCUT2D eigenvalue weighted by atomic mass is 10.3. The second-order valence-corrected chi connectivity index (χ2v) is 2.58. The zero-order chi connectivity index (χ0) is 9.97. The van der Waals surface area contributed by atoms with Gasteiger partial charge in [0, 0.05) is 6.20 Å². The number of aromatic carboxylic acids is 1. The maximum atomic E-state index is 10.6. The summed E-state index contributed by atoms with van der Waals surface area (Å²) in [6.07, 6.45) is 5.64. The Morgan fingerprint density at radius 2 is 2.21 bits per heavy atom. The molecule has 0 amide bonds. The molecule has 0 aliphatic heterocycles. The van der Waals surface area contributed by atoms with Crippen molar-refractivity contribution < 1.29 is 9.90 Å². The molecule has 0 atom stereocenters. The number of rotatable bonds is 2. The van der Waals surface area contributed by atoms with E-state index < -0.39 is 5.97 Å². The molecule has 0 spiro atoms. The van der Waals surface area contributed by atoms with Gasteiger partial charge in [0.1, 0.15) is 12.7 Å². The Bertz CT molecular complexity index is 452. The highest BCUT2D eigenvalue weighted by atomic mass is 16.4. The van der Waals surface area contributed by atoms with Gasteiger partial charge in [-0.15, -0.1) is 0 Å². The Kier molecular flexibility index (Phi) is 1.94. The molecule has 0 radical (unpaired) electrons. The second-order valence-electron chi connectivity index (χ2n) is 2.58. The van der Waals surface area contributed by atoms with Crippen LogP contribution >= 0.6 is 0 Å². The molecule has 2 rings (SSSR count). The van der Waals surface area contributed by atoms with Crippen molar-refractivity contribution in [2.24, 2.45) is 0 Å². The minimum absolute atomic E-state index is 0.123. The summed E-state index contributed by atoms with van der Waals surface area (Å²) in [5, 5.41) is 12.6. The molecule has 0 saturated heterocycles. The van der Waals surface area contributed by atoms with Gasteiger partial charge in [-0.1, -0.05) is 0 Å². The van der Waals surface area contributed by atoms with Gasteiger partial charge < -0.3 is 5.11 Å². The summed E-state index contributed by atoms with van der Waals surface area (Å²) in [7, 11) is 0. The molecule has 0 unspecified atom stereocenters. The van der Waals surface area contributed by atoms with E-state index in [-0.39, 0.29) is 5.56 Å². The van der Waals surface area contributed by atoms with Crippen molar-refractivity contribution in [2.75, 3.05) is 0 Å². The van der Waals surface area contributed by atoms with Gasteiger partial charge in [-0.2, -0.15) is 5.10 Å². The molecule has 2 aromatic heterocycles. The molecule has 14 heavy (non-hydrogen) atoms. The molecule has 0 saturated carbocycles. The van der Waals surface area contributed by atoms with Crippen LogP contribution < -0.4 is 0 Å². The molecule has 1 N–H and O–H groups in total. The SMILES string of the molecule is O=C(O)c1cncc(-n2cncn2)c1. The molecule has 0 aliphatic rings. The van der Waals surface area contributed by atoms with E-state index in [1.165, 1.54) is 35.8 Å². The Labute approximate surface area is 78.9 Å². The lowest BCUT2D eigenvalue weighted by molar-refractivity contribution is 0.0696. The van der Waals surface area contributed by atoms with E-state index in [4.69, 9.17) is 5.11 Å². The quantitative estimate of drug-likeness (QED) is 0.739. The Balaban J connectivity index is 2.46. The van der Waals surface area contributed by atoms with E-state index in [1.807, 2.05) is 0 Å². The zero-order valence-corrected chi connectivity index (χ0v) is 7.03. The molecule has 6 heteroatoms. The van der Waals surface area contributed by atoms with Crippen LogP contribution in [0.5, 0.6) is 0 Å². The smallest absolute Gasteiger partial charge is 0.337 e. The highest BCUT2D eigenvalue weighted by Gasteiger charge is 2.05. The number of hydrogen-bond acceptors (Lipinski definition) is 4. The Morgan fingerprint density at radius 1 is 1.36 bits per heavy atom. The number of nitrogens with zero attached hydrogens (tertiary/aromatic N) is 4. The number of carboxylic acid groups (broad SMARTS) is 1. The number of carbonyl (C=O) groups is 1. The van der Waals surface area contributed by atoms with Crippen LogP contribution in [0.3, 0.4) is 0 Å². The van der Waals surface area contributed by atoms with E-state index in [9.17, 15) is 4.79 Å². The van der Waals surface area contributed by atoms with Gasteiger partial charge in [0.15, 0.2) is 0 Å². The van der Waals surface area contributed by atoms with Crippen LogP contribution in [-0.4, -0.2) is 30.8 Å². The predicted molar refractivity (Wildman–Crippen MR) is 46.1 cm³/mol. The molecule has 70 valence electrons. The first kappa shape index (κ1) is 8.36. The maximum absolute atomic E-state index is 10.6. The van der Waals surface area contributed by atoms with Crippen molar-refractivity contribution in [1.29, 1.82) is 0 Å². The van der Waals surface area contributed by atoms with Crippen molar-refractivity contribution in [2.45, 2.75) is 0 Å². The lowest BCUT2D eigenvalue weighted by Crippen LogP contribution is -2.01. The average Bonchev–Trinajstić information content (AvgIpc) is 2.71. The highest BCUT2D eigenvalue weighted by molar-refractivity contribution is 5.87. The van der Waals surface area contributed by atoms with E-state index in [0.29, 0.717) is 5.69 Å². The van der Waals surface area contributed by atoms with Crippen LogP contribution in [0.1, 0.15) is 10.4 Å². The third-order valence-electron chi connectivity index (χ3n) is 1.65.